The first-order valence-corrected chi connectivity index (χ1v) is 11.0. The van der Waals surface area contributed by atoms with Crippen molar-refractivity contribution < 1.29 is 34.2 Å². The Kier molecular flexibility index (Phi) is 13.9. The van der Waals surface area contributed by atoms with Gasteiger partial charge < -0.3 is 43.4 Å². The average Bonchev–Trinajstić information content (AvgIpc) is 2.75. The van der Waals surface area contributed by atoms with Gasteiger partial charge in [0.05, 0.1) is 6.04 Å². The van der Waals surface area contributed by atoms with Gasteiger partial charge in [0.2, 0.25) is 17.7 Å². The summed E-state index contributed by atoms with van der Waals surface area (Å²) in [6.07, 6.45) is 0.136. The number of amides is 3. The molecule has 11 N–H and O–H groups in total. The number of carbonyl (C=O) groups is 5. The van der Waals surface area contributed by atoms with Crippen LogP contribution in [0.1, 0.15) is 52.9 Å². The molecule has 0 saturated carbocycles. The monoisotopic (exact) mass is 487 g/mol. The molecule has 0 aliphatic heterocycles. The molecule has 0 saturated heterocycles. The summed E-state index contributed by atoms with van der Waals surface area (Å²) < 4.78 is 0. The number of nitrogens with one attached hydrogen (secondary N) is 3. The fourth-order valence-corrected chi connectivity index (χ4v) is 2.82. The molecule has 0 aromatic rings. The van der Waals surface area contributed by atoms with Crippen LogP contribution in [-0.4, -0.2) is 76.5 Å². The summed E-state index contributed by atoms with van der Waals surface area (Å²) in [4.78, 5) is 64.1. The van der Waals surface area contributed by atoms with Gasteiger partial charge in [-0.25, -0.2) is 4.79 Å². The molecule has 0 aromatic carbocycles. The molecule has 0 spiro atoms. The number of nitrogens with two attached hydrogens (primary N) is 3. The maximum absolute atomic E-state index is 12.9. The summed E-state index contributed by atoms with van der Waals surface area (Å²) in [7, 11) is 0. The van der Waals surface area contributed by atoms with Gasteiger partial charge in [-0.2, -0.15) is 0 Å². The van der Waals surface area contributed by atoms with Crippen LogP contribution in [0.25, 0.3) is 0 Å². The Hall–Kier alpha value is -3.42. The second kappa shape index (κ2) is 15.4. The van der Waals surface area contributed by atoms with Crippen LogP contribution in [0.3, 0.4) is 0 Å². The standard InChI is InChI=1S/C20H37N7O7/c1-4-10(2)15(19(33)34)27-18(32)12(6-5-9-24-20(22)23)26-17(31)13(7-8-14(28)29)25-16(30)11(3)21/h10-13,15H,4-9,21H2,1-3H3,(H,25,30)(H,26,31)(H,27,32)(H,28,29)(H,33,34)(H4,22,23,24). The predicted molar refractivity (Wildman–Crippen MR) is 123 cm³/mol. The lowest BCUT2D eigenvalue weighted by Crippen LogP contribution is -2.57. The van der Waals surface area contributed by atoms with Gasteiger partial charge in [0, 0.05) is 13.0 Å². The summed E-state index contributed by atoms with van der Waals surface area (Å²) in [5.41, 5.74) is 16.1. The van der Waals surface area contributed by atoms with Crippen LogP contribution >= 0.6 is 0 Å². The lowest BCUT2D eigenvalue weighted by molar-refractivity contribution is -0.144. The van der Waals surface area contributed by atoms with Gasteiger partial charge in [0.15, 0.2) is 5.96 Å². The van der Waals surface area contributed by atoms with E-state index in [9.17, 15) is 29.1 Å². The smallest absolute Gasteiger partial charge is 0.326 e. The van der Waals surface area contributed by atoms with Gasteiger partial charge in [0.1, 0.15) is 18.1 Å². The highest BCUT2D eigenvalue weighted by Gasteiger charge is 2.31. The van der Waals surface area contributed by atoms with Gasteiger partial charge in [-0.1, -0.05) is 20.3 Å². The minimum absolute atomic E-state index is 0.0497. The molecular formula is C20H37N7O7. The maximum atomic E-state index is 12.9. The Morgan fingerprint density at radius 3 is 1.88 bits per heavy atom. The first-order chi connectivity index (χ1) is 15.8. The number of carboxylic acid groups (broad SMARTS) is 2. The quantitative estimate of drug-likeness (QED) is 0.0664. The molecule has 14 heteroatoms. The average molecular weight is 488 g/mol. The molecular weight excluding hydrogens is 450 g/mol. The van der Waals surface area contributed by atoms with E-state index < -0.39 is 60.2 Å². The van der Waals surface area contributed by atoms with Crippen LogP contribution in [0.2, 0.25) is 0 Å². The molecule has 5 unspecified atom stereocenters. The van der Waals surface area contributed by atoms with E-state index in [0.29, 0.717) is 6.42 Å². The molecule has 14 nitrogen and oxygen atoms in total. The van der Waals surface area contributed by atoms with E-state index in [0.717, 1.165) is 0 Å². The highest BCUT2D eigenvalue weighted by atomic mass is 16.4. The Labute approximate surface area is 198 Å². The number of hydrogen-bond acceptors (Lipinski definition) is 7. The van der Waals surface area contributed by atoms with Crippen LogP contribution in [0.5, 0.6) is 0 Å². The van der Waals surface area contributed by atoms with Crippen molar-refractivity contribution in [1.82, 2.24) is 16.0 Å². The van der Waals surface area contributed by atoms with Crippen LogP contribution in [0, 0.1) is 5.92 Å². The number of aliphatic imine (C=N–C) groups is 1. The number of aliphatic carboxylic acids is 2. The summed E-state index contributed by atoms with van der Waals surface area (Å²) >= 11 is 0. The first-order valence-electron chi connectivity index (χ1n) is 11.0. The molecule has 34 heavy (non-hydrogen) atoms. The molecule has 0 bridgehead atoms. The normalized spacial score (nSPS) is 15.1. The third kappa shape index (κ3) is 12.0. The molecule has 0 aromatic heterocycles. The van der Waals surface area contributed by atoms with Gasteiger partial charge in [0.25, 0.3) is 0 Å². The Balaban J connectivity index is 5.64. The number of carbonyl (C=O) groups excluding carboxylic acids is 3. The molecule has 0 heterocycles. The summed E-state index contributed by atoms with van der Waals surface area (Å²) in [6, 6.07) is -4.60. The largest absolute Gasteiger partial charge is 0.481 e. The molecule has 0 rings (SSSR count). The zero-order valence-electron chi connectivity index (χ0n) is 19.7. The third-order valence-corrected chi connectivity index (χ3v) is 5.05. The van der Waals surface area contributed by atoms with Gasteiger partial charge >= 0.3 is 11.9 Å². The Bertz CT molecular complexity index is 754. The van der Waals surface area contributed by atoms with Crippen molar-refractivity contribution in [2.75, 3.05) is 6.54 Å². The van der Waals surface area contributed by atoms with Crippen molar-refractivity contribution in [3.05, 3.63) is 0 Å². The molecule has 0 radical (unpaired) electrons. The molecule has 0 aliphatic rings. The van der Waals surface area contributed by atoms with Crippen molar-refractivity contribution in [2.24, 2.45) is 28.1 Å². The van der Waals surface area contributed by atoms with E-state index in [1.165, 1.54) is 6.92 Å². The summed E-state index contributed by atoms with van der Waals surface area (Å²) in [5, 5.41) is 25.7. The lowest BCUT2D eigenvalue weighted by Gasteiger charge is -2.26. The molecule has 0 fully saturated rings. The zero-order valence-corrected chi connectivity index (χ0v) is 19.7. The van der Waals surface area contributed by atoms with Gasteiger partial charge in [-0.3, -0.25) is 24.2 Å². The molecule has 0 aliphatic carbocycles. The maximum Gasteiger partial charge on any atom is 0.326 e. The second-order valence-electron chi connectivity index (χ2n) is 8.00. The number of hydrogen-bond donors (Lipinski definition) is 8. The number of rotatable bonds is 16. The number of nitrogens with zero attached hydrogens (tertiary/aromatic N) is 1. The minimum atomic E-state index is -1.27. The first kappa shape index (κ1) is 30.6. The Morgan fingerprint density at radius 1 is 0.882 bits per heavy atom. The fourth-order valence-electron chi connectivity index (χ4n) is 2.82. The number of carboxylic acids is 2. The van der Waals surface area contributed by atoms with E-state index >= 15 is 0 Å². The highest BCUT2D eigenvalue weighted by molar-refractivity contribution is 5.94. The molecule has 3 amide bonds. The fraction of sp³-hybridized carbons (Fsp3) is 0.700. The van der Waals surface area contributed by atoms with Gasteiger partial charge in [-0.05, 0) is 32.1 Å². The Morgan fingerprint density at radius 2 is 1.41 bits per heavy atom. The third-order valence-electron chi connectivity index (χ3n) is 5.05. The topological polar surface area (TPSA) is 252 Å². The van der Waals surface area contributed by atoms with Crippen LogP contribution in [0.4, 0.5) is 0 Å². The summed E-state index contributed by atoms with van der Waals surface area (Å²) in [5.74, 6) is -5.18. The van der Waals surface area contributed by atoms with E-state index in [4.69, 9.17) is 22.3 Å². The van der Waals surface area contributed by atoms with Crippen molar-refractivity contribution >= 4 is 35.6 Å². The predicted octanol–water partition coefficient (Wildman–Crippen LogP) is -2.16. The number of guanidine groups is 1. The van der Waals surface area contributed by atoms with E-state index in [-0.39, 0.29) is 37.7 Å². The lowest BCUT2D eigenvalue weighted by atomic mass is 9.98. The van der Waals surface area contributed by atoms with Crippen LogP contribution in [-0.2, 0) is 24.0 Å². The molecule has 194 valence electrons. The van der Waals surface area contributed by atoms with Crippen LogP contribution in [0.15, 0.2) is 4.99 Å². The zero-order chi connectivity index (χ0) is 26.4. The molecule has 5 atom stereocenters. The SMILES string of the molecule is CCC(C)C(NC(=O)C(CCCN=C(N)N)NC(=O)C(CCC(=O)O)NC(=O)C(C)N)C(=O)O. The van der Waals surface area contributed by atoms with Crippen molar-refractivity contribution in [3.63, 3.8) is 0 Å². The van der Waals surface area contributed by atoms with Crippen molar-refractivity contribution in [2.45, 2.75) is 77.0 Å². The van der Waals surface area contributed by atoms with Gasteiger partial charge in [-0.15, -0.1) is 0 Å². The van der Waals surface area contributed by atoms with Crippen LogP contribution < -0.4 is 33.2 Å². The van der Waals surface area contributed by atoms with Crippen molar-refractivity contribution in [3.8, 4) is 0 Å². The van der Waals surface area contributed by atoms with E-state index in [2.05, 4.69) is 20.9 Å². The summed E-state index contributed by atoms with van der Waals surface area (Å²) in [6.45, 7) is 4.98. The highest BCUT2D eigenvalue weighted by Crippen LogP contribution is 2.10. The van der Waals surface area contributed by atoms with E-state index in [1.54, 1.807) is 13.8 Å². The minimum Gasteiger partial charge on any atom is -0.481 e. The second-order valence-corrected chi connectivity index (χ2v) is 8.00. The van der Waals surface area contributed by atoms with E-state index in [1.807, 2.05) is 0 Å². The van der Waals surface area contributed by atoms with Crippen molar-refractivity contribution in [1.29, 1.82) is 0 Å².